The Morgan fingerprint density at radius 3 is 2.40 bits per heavy atom. The Bertz CT molecular complexity index is 1690. The molecular formula is C32H35F3N4O3. The molecule has 0 saturated heterocycles. The highest BCUT2D eigenvalue weighted by molar-refractivity contribution is 5.93. The van der Waals surface area contributed by atoms with Crippen molar-refractivity contribution in [1.29, 1.82) is 0 Å². The number of hydrogen-bond donors (Lipinski definition) is 1. The van der Waals surface area contributed by atoms with Gasteiger partial charge in [0.2, 0.25) is 5.91 Å². The maximum atomic E-state index is 15.5. The van der Waals surface area contributed by atoms with Gasteiger partial charge in [0.25, 0.3) is 5.92 Å². The summed E-state index contributed by atoms with van der Waals surface area (Å²) in [6.07, 6.45) is 0.268. The number of aromatic nitrogens is 2. The molecule has 2 heterocycles. The minimum Gasteiger partial charge on any atom is -0.375 e. The average Bonchev–Trinajstić information content (AvgIpc) is 3.71. The van der Waals surface area contributed by atoms with Crippen LogP contribution in [0, 0.1) is 23.1 Å². The highest BCUT2D eigenvalue weighted by atomic mass is 19.3. The van der Waals surface area contributed by atoms with Crippen LogP contribution < -0.4 is 15.9 Å². The second-order valence-corrected chi connectivity index (χ2v) is 12.7. The number of benzene rings is 2. The van der Waals surface area contributed by atoms with Crippen molar-refractivity contribution in [3.63, 3.8) is 0 Å². The molecule has 1 aliphatic heterocycles. The number of carbonyl (C=O) groups is 1. The molecule has 0 bridgehead atoms. The maximum Gasteiger partial charge on any atom is 0.350 e. The maximum absolute atomic E-state index is 15.5. The summed E-state index contributed by atoms with van der Waals surface area (Å²) in [6.45, 7) is 10.5. The normalized spacial score (nSPS) is 16.7. The number of fused-ring (bicyclic) bond motifs is 2. The van der Waals surface area contributed by atoms with E-state index < -0.39 is 39.8 Å². The summed E-state index contributed by atoms with van der Waals surface area (Å²) < 4.78 is 51.0. The van der Waals surface area contributed by atoms with Gasteiger partial charge in [-0.25, -0.2) is 18.0 Å². The molecule has 2 aromatic carbocycles. The number of amides is 1. The van der Waals surface area contributed by atoms with Crippen LogP contribution in [0.2, 0.25) is 0 Å². The fraction of sp³-hybridized carbons (Fsp3) is 0.469. The van der Waals surface area contributed by atoms with Crippen LogP contribution in [0.25, 0.3) is 10.9 Å². The predicted octanol–water partition coefficient (Wildman–Crippen LogP) is 5.64. The lowest BCUT2D eigenvalue weighted by Crippen LogP contribution is -2.50. The van der Waals surface area contributed by atoms with Crippen molar-refractivity contribution in [2.45, 2.75) is 78.0 Å². The molecule has 222 valence electrons. The Morgan fingerprint density at radius 1 is 1.07 bits per heavy atom. The molecule has 10 heteroatoms. The van der Waals surface area contributed by atoms with Gasteiger partial charge in [0, 0.05) is 35.8 Å². The Kier molecular flexibility index (Phi) is 7.17. The highest BCUT2D eigenvalue weighted by Crippen LogP contribution is 2.57. The van der Waals surface area contributed by atoms with Crippen molar-refractivity contribution in [1.82, 2.24) is 14.9 Å². The molecular weight excluding hydrogens is 545 g/mol. The summed E-state index contributed by atoms with van der Waals surface area (Å²) in [7, 11) is 0. The first kappa shape index (κ1) is 29.6. The predicted molar refractivity (Wildman–Crippen MR) is 155 cm³/mol. The summed E-state index contributed by atoms with van der Waals surface area (Å²) in [5.74, 6) is 1.98. The molecule has 0 spiro atoms. The van der Waals surface area contributed by atoms with Gasteiger partial charge in [-0.05, 0) is 71.7 Å². The lowest BCUT2D eigenvalue weighted by molar-refractivity contribution is -0.142. The molecule has 0 unspecified atom stereocenters. The van der Waals surface area contributed by atoms with Gasteiger partial charge in [-0.1, -0.05) is 24.0 Å². The molecule has 1 aromatic heterocycles. The van der Waals surface area contributed by atoms with Crippen LogP contribution in [0.3, 0.4) is 0 Å². The number of ether oxygens (including phenoxy) is 1. The van der Waals surface area contributed by atoms with Crippen LogP contribution in [0.4, 0.5) is 24.7 Å². The molecule has 3 aromatic rings. The van der Waals surface area contributed by atoms with Gasteiger partial charge in [0.05, 0.1) is 29.7 Å². The second-order valence-electron chi connectivity index (χ2n) is 12.7. The van der Waals surface area contributed by atoms with Crippen molar-refractivity contribution in [2.75, 3.05) is 18.1 Å². The topological polar surface area (TPSA) is 76.5 Å². The summed E-state index contributed by atoms with van der Waals surface area (Å²) in [5.41, 5.74) is -1.52. The number of carbonyl (C=O) groups excluding carboxylic acids is 1. The molecule has 42 heavy (non-hydrogen) atoms. The molecule has 1 fully saturated rings. The van der Waals surface area contributed by atoms with E-state index in [0.717, 1.165) is 6.92 Å². The van der Waals surface area contributed by atoms with Gasteiger partial charge in [0.15, 0.2) is 5.82 Å². The monoisotopic (exact) mass is 580 g/mol. The Labute approximate surface area is 243 Å². The number of hydrogen-bond acceptors (Lipinski definition) is 5. The van der Waals surface area contributed by atoms with E-state index in [-0.39, 0.29) is 37.3 Å². The van der Waals surface area contributed by atoms with E-state index in [2.05, 4.69) is 22.1 Å². The number of halogens is 3. The fourth-order valence-electron chi connectivity index (χ4n) is 5.48. The summed E-state index contributed by atoms with van der Waals surface area (Å²) in [6, 6.07) is 10.1. The lowest BCUT2D eigenvalue weighted by atomic mass is 9.95. The van der Waals surface area contributed by atoms with Gasteiger partial charge in [-0.3, -0.25) is 9.36 Å². The number of alkyl halides is 2. The average molecular weight is 581 g/mol. The molecule has 0 atom stereocenters. The van der Waals surface area contributed by atoms with Gasteiger partial charge in [-0.15, -0.1) is 0 Å². The molecule has 1 aliphatic carbocycles. The van der Waals surface area contributed by atoms with E-state index in [1.807, 2.05) is 26.8 Å². The van der Waals surface area contributed by atoms with Crippen LogP contribution in [0.15, 0.2) is 41.2 Å². The zero-order chi connectivity index (χ0) is 30.7. The zero-order valence-electron chi connectivity index (χ0n) is 24.7. The molecule has 5 rings (SSSR count). The first-order valence-corrected chi connectivity index (χ1v) is 14.0. The Morgan fingerprint density at radius 2 is 1.76 bits per heavy atom. The van der Waals surface area contributed by atoms with Crippen molar-refractivity contribution in [2.24, 2.45) is 5.41 Å². The third kappa shape index (κ3) is 5.26. The van der Waals surface area contributed by atoms with E-state index in [1.54, 1.807) is 43.0 Å². The van der Waals surface area contributed by atoms with Gasteiger partial charge >= 0.3 is 5.69 Å². The first-order valence-electron chi connectivity index (χ1n) is 14.0. The molecule has 2 aliphatic rings. The van der Waals surface area contributed by atoms with Crippen molar-refractivity contribution >= 4 is 28.3 Å². The van der Waals surface area contributed by atoms with Gasteiger partial charge < -0.3 is 15.0 Å². The smallest absolute Gasteiger partial charge is 0.350 e. The zero-order valence-corrected chi connectivity index (χ0v) is 24.7. The molecule has 0 radical (unpaired) electrons. The van der Waals surface area contributed by atoms with E-state index in [9.17, 15) is 18.4 Å². The fourth-order valence-corrected chi connectivity index (χ4v) is 5.48. The van der Waals surface area contributed by atoms with E-state index in [1.165, 1.54) is 10.6 Å². The molecule has 1 N–H and O–H groups in total. The van der Waals surface area contributed by atoms with Gasteiger partial charge in [0.1, 0.15) is 11.2 Å². The number of anilines is 2. The standard InChI is InChI=1S/C32H35F3N4O3/c1-29(2,3)39-24-12-8-10-22(33)25(24)26(36-28(39)41)38-17-18-42-19-21-20(9-7-11-23(21)38)13-14-30(4,5)37-27(40)32(15-16-32)31(6,34)35/h7-12H,15-19H2,1-6H3,(H,37,40). The minimum absolute atomic E-state index is 0.134. The SMILES string of the molecule is CC(C)(C#Cc1cccc2c1COCCN2c1nc(=O)n(C(C)(C)C)c2cccc(F)c12)NC(=O)C1(C(C)(F)F)CC1. The summed E-state index contributed by atoms with van der Waals surface area (Å²) in [5, 5.41) is 2.91. The lowest BCUT2D eigenvalue weighted by Gasteiger charge is -2.29. The molecule has 1 saturated carbocycles. The van der Waals surface area contributed by atoms with E-state index in [0.29, 0.717) is 28.9 Å². The van der Waals surface area contributed by atoms with Crippen molar-refractivity contribution < 1.29 is 22.7 Å². The minimum atomic E-state index is -3.12. The number of nitrogens with zero attached hydrogens (tertiary/aromatic N) is 3. The van der Waals surface area contributed by atoms with E-state index >= 15 is 4.39 Å². The van der Waals surface area contributed by atoms with Gasteiger partial charge in [-0.2, -0.15) is 4.98 Å². The highest BCUT2D eigenvalue weighted by Gasteiger charge is 2.64. The summed E-state index contributed by atoms with van der Waals surface area (Å²) in [4.78, 5) is 32.3. The summed E-state index contributed by atoms with van der Waals surface area (Å²) >= 11 is 0. The van der Waals surface area contributed by atoms with Crippen LogP contribution in [0.5, 0.6) is 0 Å². The Balaban J connectivity index is 1.57. The second kappa shape index (κ2) is 10.2. The first-order chi connectivity index (χ1) is 19.6. The Hall–Kier alpha value is -3.84. The number of nitrogens with one attached hydrogen (secondary N) is 1. The molecule has 1 amide bonds. The van der Waals surface area contributed by atoms with Crippen molar-refractivity contribution in [3.8, 4) is 11.8 Å². The third-order valence-corrected chi connectivity index (χ3v) is 7.88. The van der Waals surface area contributed by atoms with Crippen LogP contribution >= 0.6 is 0 Å². The van der Waals surface area contributed by atoms with Crippen LogP contribution in [0.1, 0.15) is 65.5 Å². The largest absolute Gasteiger partial charge is 0.375 e. The van der Waals surface area contributed by atoms with Crippen LogP contribution in [-0.4, -0.2) is 40.1 Å². The van der Waals surface area contributed by atoms with E-state index in [4.69, 9.17) is 4.74 Å². The third-order valence-electron chi connectivity index (χ3n) is 7.88. The van der Waals surface area contributed by atoms with Crippen molar-refractivity contribution in [3.05, 3.63) is 63.8 Å². The molecule has 7 nitrogen and oxygen atoms in total. The van der Waals surface area contributed by atoms with Crippen LogP contribution in [-0.2, 0) is 21.7 Å². The quantitative estimate of drug-likeness (QED) is 0.405. The number of rotatable bonds is 4.